The average molecular weight is 227 g/mol. The van der Waals surface area contributed by atoms with Crippen molar-refractivity contribution in [1.29, 1.82) is 0 Å². The molecule has 0 fully saturated rings. The van der Waals surface area contributed by atoms with Gasteiger partial charge in [-0.3, -0.25) is 0 Å². The zero-order chi connectivity index (χ0) is 12.7. The number of nitrogens with one attached hydrogen (secondary N) is 1. The second kappa shape index (κ2) is 6.38. The maximum Gasteiger partial charge on any atom is 0.150 e. The Morgan fingerprint density at radius 2 is 1.76 bits per heavy atom. The van der Waals surface area contributed by atoms with Gasteiger partial charge in [-0.25, -0.2) is 0 Å². The number of rotatable bonds is 4. The zero-order valence-corrected chi connectivity index (χ0v) is 10.1. The minimum absolute atomic E-state index is 0.717. The Balaban J connectivity index is 3.11. The third-order valence-corrected chi connectivity index (χ3v) is 2.11. The van der Waals surface area contributed by atoms with E-state index >= 15 is 0 Å². The van der Waals surface area contributed by atoms with Crippen LogP contribution in [0.25, 0.3) is 0 Å². The van der Waals surface area contributed by atoms with Gasteiger partial charge in [0.2, 0.25) is 0 Å². The quantitative estimate of drug-likeness (QED) is 0.739. The molecule has 1 aliphatic rings. The fourth-order valence-electron chi connectivity index (χ4n) is 1.36. The molecule has 0 aromatic carbocycles. The molecule has 1 aliphatic heterocycles. The van der Waals surface area contributed by atoms with E-state index in [-0.39, 0.29) is 0 Å². The van der Waals surface area contributed by atoms with Gasteiger partial charge in [-0.05, 0) is 25.2 Å². The van der Waals surface area contributed by atoms with Gasteiger partial charge in [-0.15, -0.1) is 0 Å². The van der Waals surface area contributed by atoms with Crippen molar-refractivity contribution in [2.45, 2.75) is 6.92 Å². The Kier molecular flexibility index (Phi) is 4.82. The van der Waals surface area contributed by atoms with Gasteiger partial charge in [0.05, 0.1) is 11.4 Å². The predicted molar refractivity (Wildman–Crippen MR) is 72.8 cm³/mol. The first-order chi connectivity index (χ1) is 8.22. The first-order valence-electron chi connectivity index (χ1n) is 5.33. The SMILES string of the molecule is C=C/C=C\C1=C(C)NC(=C/C=C)/C(=C\C=C)O1. The number of hydrogen-bond donors (Lipinski definition) is 1. The first kappa shape index (κ1) is 12.8. The standard InChI is InChI=1S/C15H17NO/c1-5-8-11-14-12(4)16-13(9-6-2)15(17-14)10-7-3/h5-11,16H,1-3H2,4H3/b11-8-,13-9+,15-10+. The van der Waals surface area contributed by atoms with Crippen LogP contribution in [0.2, 0.25) is 0 Å². The molecular formula is C15H17NO. The van der Waals surface area contributed by atoms with E-state index in [0.717, 1.165) is 17.2 Å². The van der Waals surface area contributed by atoms with Crippen LogP contribution in [0, 0.1) is 0 Å². The molecule has 0 bridgehead atoms. The van der Waals surface area contributed by atoms with Crippen LogP contribution in [-0.4, -0.2) is 0 Å². The van der Waals surface area contributed by atoms with Crippen LogP contribution in [0.15, 0.2) is 85.2 Å². The molecule has 0 radical (unpaired) electrons. The Hall–Kier alpha value is -2.22. The molecule has 0 atom stereocenters. The molecule has 17 heavy (non-hydrogen) atoms. The third kappa shape index (κ3) is 3.38. The molecule has 1 rings (SSSR count). The lowest BCUT2D eigenvalue weighted by atomic mass is 10.2. The van der Waals surface area contributed by atoms with Gasteiger partial charge in [0.15, 0.2) is 5.76 Å². The summed E-state index contributed by atoms with van der Waals surface area (Å²) < 4.78 is 5.76. The molecule has 0 unspecified atom stereocenters. The normalized spacial score (nSPS) is 20.3. The summed E-state index contributed by atoms with van der Waals surface area (Å²) >= 11 is 0. The molecule has 0 saturated carbocycles. The van der Waals surface area contributed by atoms with Crippen LogP contribution in [-0.2, 0) is 4.74 Å². The van der Waals surface area contributed by atoms with Gasteiger partial charge >= 0.3 is 0 Å². The van der Waals surface area contributed by atoms with Crippen LogP contribution in [0.5, 0.6) is 0 Å². The molecule has 0 amide bonds. The fourth-order valence-corrected chi connectivity index (χ4v) is 1.36. The summed E-state index contributed by atoms with van der Waals surface area (Å²) in [4.78, 5) is 0. The summed E-state index contributed by atoms with van der Waals surface area (Å²) in [5.74, 6) is 1.48. The molecule has 88 valence electrons. The van der Waals surface area contributed by atoms with Crippen LogP contribution >= 0.6 is 0 Å². The molecular weight excluding hydrogens is 210 g/mol. The van der Waals surface area contributed by atoms with Gasteiger partial charge in [0, 0.05) is 0 Å². The van der Waals surface area contributed by atoms with Crippen molar-refractivity contribution in [3.05, 3.63) is 85.2 Å². The minimum atomic E-state index is 0.717. The van der Waals surface area contributed by atoms with E-state index in [4.69, 9.17) is 4.74 Å². The van der Waals surface area contributed by atoms with Crippen molar-refractivity contribution >= 4 is 0 Å². The zero-order valence-electron chi connectivity index (χ0n) is 10.1. The maximum absolute atomic E-state index is 5.76. The van der Waals surface area contributed by atoms with Gasteiger partial charge in [-0.1, -0.05) is 44.0 Å². The van der Waals surface area contributed by atoms with E-state index in [1.54, 1.807) is 24.3 Å². The lowest BCUT2D eigenvalue weighted by molar-refractivity contribution is 0.304. The molecule has 2 nitrogen and oxygen atoms in total. The second-order valence-electron chi connectivity index (χ2n) is 3.39. The van der Waals surface area contributed by atoms with Crippen LogP contribution in [0.3, 0.4) is 0 Å². The third-order valence-electron chi connectivity index (χ3n) is 2.11. The summed E-state index contributed by atoms with van der Waals surface area (Å²) in [6.45, 7) is 12.9. The average Bonchev–Trinajstić information content (AvgIpc) is 2.31. The van der Waals surface area contributed by atoms with Gasteiger partial charge < -0.3 is 10.1 Å². The molecule has 0 aliphatic carbocycles. The lowest BCUT2D eigenvalue weighted by Crippen LogP contribution is -2.21. The largest absolute Gasteiger partial charge is 0.453 e. The van der Waals surface area contributed by atoms with Crippen molar-refractivity contribution in [1.82, 2.24) is 5.32 Å². The number of allylic oxidation sites excluding steroid dienone is 8. The molecule has 0 spiro atoms. The van der Waals surface area contributed by atoms with Crippen molar-refractivity contribution < 1.29 is 4.74 Å². The molecule has 0 aromatic heterocycles. The molecule has 0 aromatic rings. The first-order valence-corrected chi connectivity index (χ1v) is 5.33. The van der Waals surface area contributed by atoms with E-state index in [9.17, 15) is 0 Å². The van der Waals surface area contributed by atoms with Gasteiger partial charge in [-0.2, -0.15) is 0 Å². The van der Waals surface area contributed by atoms with Crippen LogP contribution in [0.4, 0.5) is 0 Å². The Morgan fingerprint density at radius 1 is 1.06 bits per heavy atom. The van der Waals surface area contributed by atoms with Crippen molar-refractivity contribution in [3.8, 4) is 0 Å². The number of ether oxygens (including phenoxy) is 1. The van der Waals surface area contributed by atoms with E-state index < -0.39 is 0 Å². The predicted octanol–water partition coefficient (Wildman–Crippen LogP) is 3.72. The monoisotopic (exact) mass is 227 g/mol. The Bertz CT molecular complexity index is 448. The maximum atomic E-state index is 5.76. The van der Waals surface area contributed by atoms with E-state index in [2.05, 4.69) is 25.1 Å². The summed E-state index contributed by atoms with van der Waals surface area (Å²) in [6, 6.07) is 0. The van der Waals surface area contributed by atoms with Crippen molar-refractivity contribution in [2.24, 2.45) is 0 Å². The van der Waals surface area contributed by atoms with Crippen molar-refractivity contribution in [3.63, 3.8) is 0 Å². The van der Waals surface area contributed by atoms with Crippen LogP contribution < -0.4 is 5.32 Å². The lowest BCUT2D eigenvalue weighted by Gasteiger charge is -2.23. The second-order valence-corrected chi connectivity index (χ2v) is 3.39. The number of hydrogen-bond acceptors (Lipinski definition) is 2. The van der Waals surface area contributed by atoms with Crippen molar-refractivity contribution in [2.75, 3.05) is 0 Å². The van der Waals surface area contributed by atoms with E-state index in [1.165, 1.54) is 0 Å². The highest BCUT2D eigenvalue weighted by Gasteiger charge is 2.16. The smallest absolute Gasteiger partial charge is 0.150 e. The summed E-state index contributed by atoms with van der Waals surface area (Å²) in [5.41, 5.74) is 1.81. The minimum Gasteiger partial charge on any atom is -0.453 e. The molecule has 1 heterocycles. The highest BCUT2D eigenvalue weighted by Crippen LogP contribution is 2.23. The fraction of sp³-hybridized carbons (Fsp3) is 0.0667. The Morgan fingerprint density at radius 3 is 2.35 bits per heavy atom. The summed E-state index contributed by atoms with van der Waals surface area (Å²) in [6.07, 6.45) is 12.4. The highest BCUT2D eigenvalue weighted by molar-refractivity contribution is 5.39. The van der Waals surface area contributed by atoms with Crippen LogP contribution in [0.1, 0.15) is 6.92 Å². The summed E-state index contributed by atoms with van der Waals surface area (Å²) in [5, 5.41) is 3.25. The van der Waals surface area contributed by atoms with E-state index in [1.807, 2.05) is 25.2 Å². The molecule has 1 N–H and O–H groups in total. The van der Waals surface area contributed by atoms with Gasteiger partial charge in [0.25, 0.3) is 0 Å². The molecule has 2 heteroatoms. The highest BCUT2D eigenvalue weighted by atomic mass is 16.5. The van der Waals surface area contributed by atoms with Gasteiger partial charge in [0.1, 0.15) is 5.76 Å². The topological polar surface area (TPSA) is 21.3 Å². The molecule has 0 saturated heterocycles. The Labute approximate surface area is 103 Å². The summed E-state index contributed by atoms with van der Waals surface area (Å²) in [7, 11) is 0. The van der Waals surface area contributed by atoms with E-state index in [0.29, 0.717) is 5.76 Å².